The molecule has 0 atom stereocenters. The van der Waals surface area contributed by atoms with Crippen LogP contribution in [0.1, 0.15) is 83.8 Å². The number of hydrogen-bond donors (Lipinski definition) is 2. The summed E-state index contributed by atoms with van der Waals surface area (Å²) in [6.07, 6.45) is 14.3. The van der Waals surface area contributed by atoms with Gasteiger partial charge in [0.05, 0.1) is 0 Å². The van der Waals surface area contributed by atoms with Gasteiger partial charge in [0.15, 0.2) is 11.6 Å². The van der Waals surface area contributed by atoms with Crippen molar-refractivity contribution < 1.29 is 9.59 Å². The van der Waals surface area contributed by atoms with Crippen LogP contribution < -0.4 is 0 Å². The van der Waals surface area contributed by atoms with Gasteiger partial charge in [0.2, 0.25) is 0 Å². The van der Waals surface area contributed by atoms with Crippen molar-refractivity contribution >= 4 is 33.6 Å². The summed E-state index contributed by atoms with van der Waals surface area (Å²) < 4.78 is 0. The Kier molecular flexibility index (Phi) is 9.69. The Morgan fingerprint density at radius 3 is 1.41 bits per heavy atom. The lowest BCUT2D eigenvalue weighted by Crippen LogP contribution is -2.03. The Hall–Kier alpha value is -4.98. The molecule has 0 aliphatic carbocycles. The average molecular weight is 587 g/mol. The number of H-pyrrole nitrogens is 2. The quantitative estimate of drug-likeness (QED) is 0.160. The average Bonchev–Trinajstić information content (AvgIpc) is 3.68. The van der Waals surface area contributed by atoms with E-state index in [2.05, 4.69) is 57.6 Å². The standard InChI is InChI=1S/2C18H19N3O/c2*1-12(2)5-7-14-8-6-13(10-20-14)17(22)16-11-21-18-15(16)4-3-9-19-18/h2*3-4,6,8-12H,5,7H2,1-2H3,(H,19,21). The number of fused-ring (bicyclic) bond motifs is 2. The maximum atomic E-state index is 12.6. The van der Waals surface area contributed by atoms with E-state index in [1.54, 1.807) is 37.2 Å². The van der Waals surface area contributed by atoms with E-state index in [0.717, 1.165) is 59.1 Å². The lowest BCUT2D eigenvalue weighted by molar-refractivity contribution is 0.103. The molecule has 0 radical (unpaired) electrons. The molecule has 6 aromatic rings. The Labute approximate surface area is 257 Å². The third-order valence-corrected chi connectivity index (χ3v) is 7.52. The van der Waals surface area contributed by atoms with Crippen LogP contribution in [-0.4, -0.2) is 41.5 Å². The third kappa shape index (κ3) is 7.32. The summed E-state index contributed by atoms with van der Waals surface area (Å²) >= 11 is 0. The van der Waals surface area contributed by atoms with Gasteiger partial charge in [-0.15, -0.1) is 0 Å². The molecule has 0 bridgehead atoms. The molecule has 0 aliphatic rings. The van der Waals surface area contributed by atoms with E-state index in [4.69, 9.17) is 0 Å². The first-order valence-corrected chi connectivity index (χ1v) is 15.1. The molecule has 224 valence electrons. The molecule has 8 nitrogen and oxygen atoms in total. The van der Waals surface area contributed by atoms with Crippen LogP contribution in [0.25, 0.3) is 22.1 Å². The number of carbonyl (C=O) groups is 2. The van der Waals surface area contributed by atoms with Gasteiger partial charge in [0.1, 0.15) is 11.3 Å². The minimum atomic E-state index is -0.0258. The van der Waals surface area contributed by atoms with E-state index < -0.39 is 0 Å². The summed E-state index contributed by atoms with van der Waals surface area (Å²) in [6.45, 7) is 8.79. The molecule has 8 heteroatoms. The molecule has 0 saturated carbocycles. The van der Waals surface area contributed by atoms with Crippen molar-refractivity contribution in [1.29, 1.82) is 0 Å². The van der Waals surface area contributed by atoms with E-state index in [1.165, 1.54) is 0 Å². The Bertz CT molecular complexity index is 1710. The van der Waals surface area contributed by atoms with Crippen LogP contribution in [0.5, 0.6) is 0 Å². The fraction of sp³-hybridized carbons (Fsp3) is 0.278. The first-order valence-electron chi connectivity index (χ1n) is 15.1. The van der Waals surface area contributed by atoms with Crippen LogP contribution in [0.3, 0.4) is 0 Å². The molecule has 6 heterocycles. The van der Waals surface area contributed by atoms with Crippen LogP contribution in [-0.2, 0) is 12.8 Å². The second-order valence-electron chi connectivity index (χ2n) is 11.8. The van der Waals surface area contributed by atoms with Crippen LogP contribution in [0, 0.1) is 11.8 Å². The van der Waals surface area contributed by atoms with Crippen molar-refractivity contribution in [2.24, 2.45) is 11.8 Å². The smallest absolute Gasteiger partial charge is 0.196 e. The van der Waals surface area contributed by atoms with E-state index >= 15 is 0 Å². The van der Waals surface area contributed by atoms with Crippen molar-refractivity contribution in [3.8, 4) is 0 Å². The molecule has 0 fully saturated rings. The minimum Gasteiger partial charge on any atom is -0.345 e. The predicted molar refractivity (Wildman–Crippen MR) is 174 cm³/mol. The van der Waals surface area contributed by atoms with Gasteiger partial charge in [-0.2, -0.15) is 0 Å². The predicted octanol–water partition coefficient (Wildman–Crippen LogP) is 7.56. The summed E-state index contributed by atoms with van der Waals surface area (Å²) in [5.41, 5.74) is 6.02. The van der Waals surface area contributed by atoms with Gasteiger partial charge in [-0.05, 0) is 86.1 Å². The molecule has 44 heavy (non-hydrogen) atoms. The first-order chi connectivity index (χ1) is 21.3. The van der Waals surface area contributed by atoms with Gasteiger partial charge < -0.3 is 9.97 Å². The first kappa shape index (κ1) is 30.5. The van der Waals surface area contributed by atoms with Gasteiger partial charge in [-0.25, -0.2) is 9.97 Å². The second-order valence-corrected chi connectivity index (χ2v) is 11.8. The molecule has 0 aromatic carbocycles. The number of hydrogen-bond acceptors (Lipinski definition) is 6. The topological polar surface area (TPSA) is 117 Å². The number of rotatable bonds is 10. The monoisotopic (exact) mass is 586 g/mol. The van der Waals surface area contributed by atoms with Gasteiger partial charge >= 0.3 is 0 Å². The van der Waals surface area contributed by atoms with E-state index in [1.807, 2.05) is 48.5 Å². The number of carbonyl (C=O) groups excluding carboxylic acids is 2. The Morgan fingerprint density at radius 2 is 1.05 bits per heavy atom. The zero-order chi connectivity index (χ0) is 31.1. The summed E-state index contributed by atoms with van der Waals surface area (Å²) in [6, 6.07) is 15.1. The highest BCUT2D eigenvalue weighted by Gasteiger charge is 2.16. The fourth-order valence-corrected chi connectivity index (χ4v) is 4.89. The van der Waals surface area contributed by atoms with E-state index in [0.29, 0.717) is 34.1 Å². The van der Waals surface area contributed by atoms with E-state index in [-0.39, 0.29) is 11.6 Å². The Balaban J connectivity index is 0.000000175. The lowest BCUT2D eigenvalue weighted by atomic mass is 10.0. The van der Waals surface area contributed by atoms with Crippen molar-refractivity contribution in [3.05, 3.63) is 119 Å². The number of pyridine rings is 4. The molecule has 6 rings (SSSR count). The molecule has 0 spiro atoms. The molecular weight excluding hydrogens is 548 g/mol. The number of aromatic amines is 2. The number of nitrogens with zero attached hydrogens (tertiary/aromatic N) is 4. The van der Waals surface area contributed by atoms with Crippen LogP contribution in [0.4, 0.5) is 0 Å². The normalized spacial score (nSPS) is 11.2. The SMILES string of the molecule is CC(C)CCc1ccc(C(=O)c2c[nH]c3ncccc23)cn1.CC(C)CCc1ccc(C(=O)c2c[nH]c3ncccc23)cn1. The number of aryl methyl sites for hydroxylation is 2. The molecule has 0 aliphatic heterocycles. The number of nitrogens with one attached hydrogen (secondary N) is 2. The van der Waals surface area contributed by atoms with Crippen LogP contribution in [0.15, 0.2) is 85.7 Å². The van der Waals surface area contributed by atoms with Gasteiger partial charge in [0, 0.05) is 81.6 Å². The number of aromatic nitrogens is 6. The zero-order valence-corrected chi connectivity index (χ0v) is 25.7. The maximum Gasteiger partial charge on any atom is 0.196 e. The molecule has 0 unspecified atom stereocenters. The molecule has 6 aromatic heterocycles. The van der Waals surface area contributed by atoms with Gasteiger partial charge in [0.25, 0.3) is 0 Å². The molecule has 0 saturated heterocycles. The minimum absolute atomic E-state index is 0.0258. The van der Waals surface area contributed by atoms with Crippen LogP contribution >= 0.6 is 0 Å². The summed E-state index contributed by atoms with van der Waals surface area (Å²) in [7, 11) is 0. The van der Waals surface area contributed by atoms with Gasteiger partial charge in [-0.3, -0.25) is 19.6 Å². The summed E-state index contributed by atoms with van der Waals surface area (Å²) in [5.74, 6) is 1.26. The summed E-state index contributed by atoms with van der Waals surface area (Å²) in [4.78, 5) is 48.5. The van der Waals surface area contributed by atoms with Crippen LogP contribution in [0.2, 0.25) is 0 Å². The fourth-order valence-electron chi connectivity index (χ4n) is 4.89. The summed E-state index contributed by atoms with van der Waals surface area (Å²) in [5, 5.41) is 1.69. The van der Waals surface area contributed by atoms with Gasteiger partial charge in [-0.1, -0.05) is 27.7 Å². The highest BCUT2D eigenvalue weighted by molar-refractivity contribution is 6.16. The van der Waals surface area contributed by atoms with Crippen molar-refractivity contribution in [1.82, 2.24) is 29.9 Å². The second kappa shape index (κ2) is 14.0. The van der Waals surface area contributed by atoms with Crippen molar-refractivity contribution in [2.75, 3.05) is 0 Å². The highest BCUT2D eigenvalue weighted by Crippen LogP contribution is 2.21. The van der Waals surface area contributed by atoms with Crippen molar-refractivity contribution in [2.45, 2.75) is 53.4 Å². The molecular formula is C36H38N6O2. The third-order valence-electron chi connectivity index (χ3n) is 7.52. The zero-order valence-electron chi connectivity index (χ0n) is 25.7. The van der Waals surface area contributed by atoms with Crippen molar-refractivity contribution in [3.63, 3.8) is 0 Å². The van der Waals surface area contributed by atoms with E-state index in [9.17, 15) is 9.59 Å². The molecule has 2 N–H and O–H groups in total. The Morgan fingerprint density at radius 1 is 0.614 bits per heavy atom. The molecule has 0 amide bonds. The highest BCUT2D eigenvalue weighted by atomic mass is 16.1. The maximum absolute atomic E-state index is 12.6. The largest absolute Gasteiger partial charge is 0.345 e. The number of ketones is 2. The lowest BCUT2D eigenvalue weighted by Gasteiger charge is -2.05.